The van der Waals surface area contributed by atoms with Gasteiger partial charge in [-0.05, 0) is 27.2 Å². The van der Waals surface area contributed by atoms with Crippen LogP contribution in [0.4, 0.5) is 0 Å². The molecule has 0 aromatic carbocycles. The summed E-state index contributed by atoms with van der Waals surface area (Å²) in [4.78, 5) is 26.3. The Bertz CT molecular complexity index is 830. The average Bonchev–Trinajstić information content (AvgIpc) is 2.99. The van der Waals surface area contributed by atoms with Crippen LogP contribution < -0.4 is 11.2 Å². The molecule has 1 fully saturated rings. The lowest BCUT2D eigenvalue weighted by atomic mass is 10.1. The summed E-state index contributed by atoms with van der Waals surface area (Å²) in [6, 6.07) is 0. The van der Waals surface area contributed by atoms with Gasteiger partial charge in [0, 0.05) is 18.9 Å². The number of methoxy groups -OCH3 is 1. The van der Waals surface area contributed by atoms with Gasteiger partial charge in [-0.1, -0.05) is 0 Å². The van der Waals surface area contributed by atoms with Crippen molar-refractivity contribution in [1.82, 2.24) is 9.55 Å². The first kappa shape index (κ1) is 24.9. The molecule has 12 heteroatoms. The minimum absolute atomic E-state index is 0.0352. The number of aliphatic hydroxyl groups is 1. The third kappa shape index (κ3) is 6.10. The molecule has 0 aliphatic carbocycles. The lowest BCUT2D eigenvalue weighted by Gasteiger charge is -2.22. The van der Waals surface area contributed by atoms with Crippen molar-refractivity contribution in [2.45, 2.75) is 51.7 Å². The lowest BCUT2D eigenvalue weighted by Crippen LogP contribution is -2.40. The van der Waals surface area contributed by atoms with Gasteiger partial charge in [0.1, 0.15) is 12.2 Å². The number of nitrogens with zero attached hydrogens (tertiary/aromatic N) is 1. The van der Waals surface area contributed by atoms with Crippen molar-refractivity contribution in [1.29, 1.82) is 0 Å². The van der Waals surface area contributed by atoms with Crippen molar-refractivity contribution < 1.29 is 32.9 Å². The van der Waals surface area contributed by atoms with Crippen LogP contribution in [-0.4, -0.2) is 72.7 Å². The molecule has 0 amide bonds. The Hall–Kier alpha value is -1.33. The van der Waals surface area contributed by atoms with Gasteiger partial charge in [0.05, 0.1) is 38.7 Å². The van der Waals surface area contributed by atoms with Crippen molar-refractivity contribution in [3.05, 3.63) is 32.6 Å². The second kappa shape index (κ2) is 11.3. The number of aliphatic hydroxyl groups excluding tert-OH is 1. The van der Waals surface area contributed by atoms with Crippen molar-refractivity contribution in [3.8, 4) is 0 Å². The van der Waals surface area contributed by atoms with Crippen LogP contribution in [0.15, 0.2) is 15.8 Å². The van der Waals surface area contributed by atoms with Crippen LogP contribution in [0.2, 0.25) is 0 Å². The number of aromatic amines is 1. The highest BCUT2D eigenvalue weighted by Crippen LogP contribution is 2.49. The van der Waals surface area contributed by atoms with Crippen LogP contribution in [-0.2, 0) is 27.8 Å². The number of aryl methyl sites for hydroxylation is 1. The van der Waals surface area contributed by atoms with Gasteiger partial charge in [-0.3, -0.25) is 18.9 Å². The zero-order chi connectivity index (χ0) is 22.3. The summed E-state index contributed by atoms with van der Waals surface area (Å²) in [7, 11) is -1.81. The first-order valence-corrected chi connectivity index (χ1v) is 11.6. The molecule has 1 aliphatic heterocycles. The molecule has 172 valence electrons. The predicted molar refractivity (Wildman–Crippen MR) is 108 cm³/mol. The zero-order valence-corrected chi connectivity index (χ0v) is 18.6. The fourth-order valence-electron chi connectivity index (χ4n) is 3.25. The first-order valence-electron chi connectivity index (χ1n) is 9.90. The Morgan fingerprint density at radius 1 is 1.23 bits per heavy atom. The van der Waals surface area contributed by atoms with E-state index in [1.165, 1.54) is 17.9 Å². The smallest absolute Gasteiger partial charge is 0.330 e. The summed E-state index contributed by atoms with van der Waals surface area (Å²) in [5, 5.41) is 10.8. The van der Waals surface area contributed by atoms with E-state index in [-0.39, 0.29) is 39.0 Å². The largest absolute Gasteiger partial charge is 0.388 e. The van der Waals surface area contributed by atoms with E-state index in [1.807, 2.05) is 0 Å². The average molecular weight is 450 g/mol. The SMILES string of the molecule is CCOP(=O)(CC[C@H]1O[C@@H](n2cc(C)c(=O)[nH]c2=O)[C@H](OCCOC)[C@@H]1O)OCC. The maximum absolute atomic E-state index is 12.7. The Labute approximate surface area is 174 Å². The monoisotopic (exact) mass is 450 g/mol. The van der Waals surface area contributed by atoms with Gasteiger partial charge in [-0.25, -0.2) is 4.79 Å². The molecule has 0 spiro atoms. The minimum atomic E-state index is -3.33. The van der Waals surface area contributed by atoms with Crippen LogP contribution in [0.3, 0.4) is 0 Å². The molecule has 2 heterocycles. The standard InChI is InChI=1S/C18H31N2O9P/c1-5-27-30(24,28-6-2)10-7-13-14(21)15(26-9-8-25-4)17(29-13)20-11-12(3)16(22)19-18(20)23/h11,13-15,17,21H,5-10H2,1-4H3,(H,19,22,23)/t13-,14-,15-,17-/m1/s1. The van der Waals surface area contributed by atoms with Gasteiger partial charge in [-0.15, -0.1) is 0 Å². The molecule has 11 nitrogen and oxygen atoms in total. The molecule has 2 rings (SSSR count). The van der Waals surface area contributed by atoms with Crippen LogP contribution in [0, 0.1) is 6.92 Å². The van der Waals surface area contributed by atoms with Crippen LogP contribution in [0.5, 0.6) is 0 Å². The topological polar surface area (TPSA) is 138 Å². The normalized spacial score (nSPS) is 24.4. The number of hydrogen-bond acceptors (Lipinski definition) is 9. The maximum Gasteiger partial charge on any atom is 0.330 e. The molecule has 1 aliphatic rings. The van der Waals surface area contributed by atoms with Gasteiger partial charge in [0.2, 0.25) is 0 Å². The van der Waals surface area contributed by atoms with E-state index in [4.69, 9.17) is 23.3 Å². The third-order valence-corrected chi connectivity index (χ3v) is 6.78. The maximum atomic E-state index is 12.7. The molecular weight excluding hydrogens is 419 g/mol. The fourth-order valence-corrected chi connectivity index (χ4v) is 4.94. The molecule has 1 aromatic rings. The van der Waals surface area contributed by atoms with E-state index >= 15 is 0 Å². The molecule has 0 bridgehead atoms. The Morgan fingerprint density at radius 2 is 1.90 bits per heavy atom. The number of rotatable bonds is 12. The molecule has 2 N–H and O–H groups in total. The predicted octanol–water partition coefficient (Wildman–Crippen LogP) is 0.791. The molecular formula is C18H31N2O9P. The van der Waals surface area contributed by atoms with E-state index in [0.29, 0.717) is 5.56 Å². The number of H-pyrrole nitrogens is 1. The van der Waals surface area contributed by atoms with Gasteiger partial charge >= 0.3 is 13.3 Å². The summed E-state index contributed by atoms with van der Waals surface area (Å²) >= 11 is 0. The molecule has 0 saturated carbocycles. The Morgan fingerprint density at radius 3 is 2.50 bits per heavy atom. The quantitative estimate of drug-likeness (QED) is 0.350. The van der Waals surface area contributed by atoms with Crippen LogP contribution >= 0.6 is 7.60 Å². The molecule has 4 atom stereocenters. The molecule has 0 radical (unpaired) electrons. The Balaban J connectivity index is 2.24. The summed E-state index contributed by atoms with van der Waals surface area (Å²) in [6.45, 7) is 5.88. The highest BCUT2D eigenvalue weighted by Gasteiger charge is 2.46. The van der Waals surface area contributed by atoms with Crippen molar-refractivity contribution in [2.75, 3.05) is 39.7 Å². The van der Waals surface area contributed by atoms with Crippen molar-refractivity contribution in [2.24, 2.45) is 0 Å². The number of aromatic nitrogens is 2. The van der Waals surface area contributed by atoms with E-state index in [0.717, 1.165) is 0 Å². The Kier molecular flexibility index (Phi) is 9.42. The highest BCUT2D eigenvalue weighted by atomic mass is 31.2. The van der Waals surface area contributed by atoms with Crippen LogP contribution in [0.1, 0.15) is 32.1 Å². The van der Waals surface area contributed by atoms with Crippen molar-refractivity contribution in [3.63, 3.8) is 0 Å². The second-order valence-corrected chi connectivity index (χ2v) is 9.01. The molecule has 1 saturated heterocycles. The summed E-state index contributed by atoms with van der Waals surface area (Å²) < 4.78 is 41.1. The fraction of sp³-hybridized carbons (Fsp3) is 0.778. The first-order chi connectivity index (χ1) is 14.3. The van der Waals surface area contributed by atoms with Gasteiger partial charge in [0.25, 0.3) is 5.56 Å². The summed E-state index contributed by atoms with van der Waals surface area (Å²) in [6.07, 6.45) is -2.21. The van der Waals surface area contributed by atoms with E-state index in [9.17, 15) is 19.3 Å². The number of nitrogens with one attached hydrogen (secondary N) is 1. The van der Waals surface area contributed by atoms with E-state index in [2.05, 4.69) is 4.98 Å². The summed E-state index contributed by atoms with van der Waals surface area (Å²) in [5.74, 6) is 0. The zero-order valence-electron chi connectivity index (χ0n) is 17.7. The second-order valence-electron chi connectivity index (χ2n) is 6.82. The molecule has 1 aromatic heterocycles. The van der Waals surface area contributed by atoms with Gasteiger partial charge in [-0.2, -0.15) is 0 Å². The molecule has 0 unspecified atom stereocenters. The lowest BCUT2D eigenvalue weighted by molar-refractivity contribution is -0.0798. The van der Waals surface area contributed by atoms with Gasteiger partial charge in [0.15, 0.2) is 6.23 Å². The third-order valence-electron chi connectivity index (χ3n) is 4.67. The summed E-state index contributed by atoms with van der Waals surface area (Å²) in [5.41, 5.74) is -0.875. The number of hydrogen-bond donors (Lipinski definition) is 2. The highest BCUT2D eigenvalue weighted by molar-refractivity contribution is 7.53. The van der Waals surface area contributed by atoms with E-state index in [1.54, 1.807) is 20.8 Å². The molecule has 30 heavy (non-hydrogen) atoms. The van der Waals surface area contributed by atoms with E-state index < -0.39 is 43.4 Å². The van der Waals surface area contributed by atoms with Gasteiger partial charge < -0.3 is 28.4 Å². The minimum Gasteiger partial charge on any atom is -0.388 e. The van der Waals surface area contributed by atoms with Crippen molar-refractivity contribution >= 4 is 7.60 Å². The van der Waals surface area contributed by atoms with Crippen LogP contribution in [0.25, 0.3) is 0 Å². The number of ether oxygens (including phenoxy) is 3.